The van der Waals surface area contributed by atoms with Crippen LogP contribution < -0.4 is 15.4 Å². The van der Waals surface area contributed by atoms with Gasteiger partial charge in [-0.2, -0.15) is 0 Å². The number of nitro benzene ring substituents is 1. The van der Waals surface area contributed by atoms with Crippen molar-refractivity contribution < 1.29 is 32.4 Å². The molecule has 1 unspecified atom stereocenters. The minimum absolute atomic E-state index is 0.0376. The number of ether oxygens (including phenoxy) is 2. The molecule has 198 valence electrons. The molecule has 4 rings (SSSR count). The van der Waals surface area contributed by atoms with Gasteiger partial charge in [0.1, 0.15) is 10.6 Å². The molecular formula is C24H19Cl2N3O8S. The molecule has 0 aromatic heterocycles. The normalized spacial score (nSPS) is 16.4. The molecule has 0 bridgehead atoms. The van der Waals surface area contributed by atoms with E-state index in [-0.39, 0.29) is 39.2 Å². The van der Waals surface area contributed by atoms with Crippen molar-refractivity contribution in [3.8, 4) is 5.75 Å². The van der Waals surface area contributed by atoms with E-state index in [4.69, 9.17) is 32.7 Å². The summed E-state index contributed by atoms with van der Waals surface area (Å²) >= 11 is 12.9. The van der Waals surface area contributed by atoms with Crippen molar-refractivity contribution >= 4 is 56.4 Å². The second-order valence-corrected chi connectivity index (χ2v) is 10.6. The standard InChI is InChI=1S/C24H19Cl2N3O8S/c1-3-37-23(31)28-24(14-6-4-5-7-15(14)25)20-17(27-22(24)30)10-9-16(26)21(20)38(34,35)19-11-8-13(29(32)33)12-18(19)36-2/h4-12H,3H2,1-2H3,(H,27,30)(H,28,31). The van der Waals surface area contributed by atoms with Gasteiger partial charge >= 0.3 is 6.09 Å². The summed E-state index contributed by atoms with van der Waals surface area (Å²) in [5.74, 6) is -1.14. The average molecular weight is 580 g/mol. The van der Waals surface area contributed by atoms with Gasteiger partial charge in [0.25, 0.3) is 11.6 Å². The summed E-state index contributed by atoms with van der Waals surface area (Å²) in [5, 5.41) is 16.1. The highest BCUT2D eigenvalue weighted by atomic mass is 35.5. The first kappa shape index (κ1) is 27.2. The Labute approximate surface area is 226 Å². The number of hydrogen-bond acceptors (Lipinski definition) is 8. The zero-order chi connectivity index (χ0) is 27.8. The summed E-state index contributed by atoms with van der Waals surface area (Å²) in [6, 6.07) is 11.7. The maximum Gasteiger partial charge on any atom is 0.408 e. The van der Waals surface area contributed by atoms with Gasteiger partial charge in [-0.1, -0.05) is 41.4 Å². The van der Waals surface area contributed by atoms with Crippen molar-refractivity contribution in [3.63, 3.8) is 0 Å². The van der Waals surface area contributed by atoms with E-state index in [0.717, 1.165) is 25.3 Å². The third-order valence-electron chi connectivity index (χ3n) is 5.83. The van der Waals surface area contributed by atoms with Crippen LogP contribution in [0.15, 0.2) is 64.4 Å². The van der Waals surface area contributed by atoms with Crippen molar-refractivity contribution in [2.75, 3.05) is 19.0 Å². The number of fused-ring (bicyclic) bond motifs is 1. The van der Waals surface area contributed by atoms with Gasteiger partial charge in [-0.15, -0.1) is 0 Å². The number of halogens is 2. The summed E-state index contributed by atoms with van der Waals surface area (Å²) in [5.41, 5.74) is -2.70. The van der Waals surface area contributed by atoms with E-state index in [9.17, 15) is 28.1 Å². The summed E-state index contributed by atoms with van der Waals surface area (Å²) in [4.78, 5) is 35.9. The van der Waals surface area contributed by atoms with Gasteiger partial charge in [-0.3, -0.25) is 20.2 Å². The van der Waals surface area contributed by atoms with Gasteiger partial charge in [-0.05, 0) is 31.2 Å². The van der Waals surface area contributed by atoms with E-state index in [2.05, 4.69) is 10.6 Å². The van der Waals surface area contributed by atoms with Crippen LogP contribution >= 0.6 is 23.2 Å². The topological polar surface area (TPSA) is 154 Å². The SMILES string of the molecule is CCOC(=O)NC1(c2ccccc2Cl)C(=O)Nc2ccc(Cl)c(S(=O)(=O)c3ccc([N+](=O)[O-])cc3OC)c21. The highest BCUT2D eigenvalue weighted by Gasteiger charge is 2.54. The number of nitrogens with zero attached hydrogens (tertiary/aromatic N) is 1. The molecule has 1 aliphatic rings. The fourth-order valence-corrected chi connectivity index (χ4v) is 6.73. The van der Waals surface area contributed by atoms with Crippen LogP contribution in [0.1, 0.15) is 18.1 Å². The predicted molar refractivity (Wildman–Crippen MR) is 138 cm³/mol. The number of carbonyl (C=O) groups is 2. The van der Waals surface area contributed by atoms with Crippen molar-refractivity contribution in [3.05, 3.63) is 85.9 Å². The molecule has 3 aromatic carbocycles. The molecule has 0 radical (unpaired) electrons. The monoisotopic (exact) mass is 579 g/mol. The highest BCUT2D eigenvalue weighted by Crippen LogP contribution is 2.50. The second-order valence-electron chi connectivity index (χ2n) is 7.92. The number of nitro groups is 1. The minimum atomic E-state index is -4.65. The molecule has 0 saturated heterocycles. The van der Waals surface area contributed by atoms with Crippen LogP contribution in [-0.4, -0.2) is 39.1 Å². The number of sulfone groups is 1. The molecule has 1 heterocycles. The Kier molecular flexibility index (Phi) is 7.24. The summed E-state index contributed by atoms with van der Waals surface area (Å²) in [6.45, 7) is 1.51. The van der Waals surface area contributed by atoms with Crippen LogP contribution in [-0.2, 0) is 24.9 Å². The van der Waals surface area contributed by atoms with Crippen LogP contribution in [0.5, 0.6) is 5.75 Å². The van der Waals surface area contributed by atoms with Gasteiger partial charge in [0.15, 0.2) is 5.54 Å². The Morgan fingerprint density at radius 1 is 1.13 bits per heavy atom. The van der Waals surface area contributed by atoms with Crippen molar-refractivity contribution in [2.45, 2.75) is 22.3 Å². The zero-order valence-electron chi connectivity index (χ0n) is 19.8. The Morgan fingerprint density at radius 3 is 2.47 bits per heavy atom. The number of hydrogen-bond donors (Lipinski definition) is 2. The molecular weight excluding hydrogens is 561 g/mol. The molecule has 0 saturated carbocycles. The van der Waals surface area contributed by atoms with Crippen molar-refractivity contribution in [1.82, 2.24) is 5.32 Å². The fourth-order valence-electron chi connectivity index (χ4n) is 4.26. The van der Waals surface area contributed by atoms with E-state index in [1.54, 1.807) is 19.1 Å². The highest BCUT2D eigenvalue weighted by molar-refractivity contribution is 7.91. The van der Waals surface area contributed by atoms with Crippen LogP contribution in [0.25, 0.3) is 0 Å². The van der Waals surface area contributed by atoms with Crippen LogP contribution in [0.3, 0.4) is 0 Å². The number of carbonyl (C=O) groups excluding carboxylic acids is 2. The van der Waals surface area contributed by atoms with E-state index in [1.165, 1.54) is 24.3 Å². The Hall–Kier alpha value is -3.87. The number of alkyl carbamates (subject to hydrolysis) is 1. The smallest absolute Gasteiger partial charge is 0.408 e. The summed E-state index contributed by atoms with van der Waals surface area (Å²) in [6.07, 6.45) is -1.02. The Bertz CT molecular complexity index is 1600. The quantitative estimate of drug-likeness (QED) is 0.302. The molecule has 2 amide bonds. The first-order valence-electron chi connectivity index (χ1n) is 10.9. The number of anilines is 1. The fraction of sp³-hybridized carbons (Fsp3) is 0.167. The maximum atomic E-state index is 14.1. The molecule has 3 aromatic rings. The molecule has 2 N–H and O–H groups in total. The largest absolute Gasteiger partial charge is 0.495 e. The summed E-state index contributed by atoms with van der Waals surface area (Å²) in [7, 11) is -3.50. The third-order valence-corrected chi connectivity index (χ3v) is 8.47. The number of non-ortho nitro benzene ring substituents is 1. The lowest BCUT2D eigenvalue weighted by Crippen LogP contribution is -2.52. The first-order valence-corrected chi connectivity index (χ1v) is 13.1. The Balaban J connectivity index is 2.09. The first-order chi connectivity index (χ1) is 18.0. The van der Waals surface area contributed by atoms with E-state index in [0.29, 0.717) is 0 Å². The molecule has 38 heavy (non-hydrogen) atoms. The van der Waals surface area contributed by atoms with Gasteiger partial charge < -0.3 is 14.8 Å². The second kappa shape index (κ2) is 10.1. The number of rotatable bonds is 7. The third kappa shape index (κ3) is 4.30. The van der Waals surface area contributed by atoms with Gasteiger partial charge in [0, 0.05) is 27.9 Å². The van der Waals surface area contributed by atoms with E-state index >= 15 is 0 Å². The van der Waals surface area contributed by atoms with Gasteiger partial charge in [0.05, 0.1) is 34.6 Å². The maximum absolute atomic E-state index is 14.1. The molecule has 0 aliphatic carbocycles. The lowest BCUT2D eigenvalue weighted by atomic mass is 9.83. The van der Waals surface area contributed by atoms with Gasteiger partial charge in [-0.25, -0.2) is 13.2 Å². The lowest BCUT2D eigenvalue weighted by molar-refractivity contribution is -0.385. The number of amides is 2. The molecule has 1 aliphatic heterocycles. The minimum Gasteiger partial charge on any atom is -0.495 e. The van der Waals surface area contributed by atoms with Crippen LogP contribution in [0, 0.1) is 10.1 Å². The lowest BCUT2D eigenvalue weighted by Gasteiger charge is -2.31. The van der Waals surface area contributed by atoms with Crippen LogP contribution in [0.2, 0.25) is 10.0 Å². The van der Waals surface area contributed by atoms with Crippen molar-refractivity contribution in [1.29, 1.82) is 0 Å². The predicted octanol–water partition coefficient (Wildman–Crippen LogP) is 4.68. The molecule has 0 spiro atoms. The summed E-state index contributed by atoms with van der Waals surface area (Å²) < 4.78 is 38.5. The molecule has 14 heteroatoms. The zero-order valence-corrected chi connectivity index (χ0v) is 22.1. The van der Waals surface area contributed by atoms with Crippen molar-refractivity contribution in [2.24, 2.45) is 0 Å². The Morgan fingerprint density at radius 2 is 1.84 bits per heavy atom. The molecule has 11 nitrogen and oxygen atoms in total. The molecule has 1 atom stereocenters. The van der Waals surface area contributed by atoms with Gasteiger partial charge in [0.2, 0.25) is 9.84 Å². The molecule has 0 fully saturated rings. The van der Waals surface area contributed by atoms with E-state index in [1.807, 2.05) is 0 Å². The number of nitrogens with one attached hydrogen (secondary N) is 2. The number of methoxy groups -OCH3 is 1. The van der Waals surface area contributed by atoms with Crippen LogP contribution in [0.4, 0.5) is 16.2 Å². The van der Waals surface area contributed by atoms with E-state index < -0.39 is 47.8 Å². The number of benzene rings is 3. The average Bonchev–Trinajstić information content (AvgIpc) is 3.15.